The minimum atomic E-state index is 0.0174. The SMILES string of the molecule is Cc1cc(Br)cc(C)c1NC(=O)N1CCSCC1. The maximum Gasteiger partial charge on any atom is 0.321 e. The van der Waals surface area contributed by atoms with E-state index in [-0.39, 0.29) is 6.03 Å². The van der Waals surface area contributed by atoms with Crippen LogP contribution in [0.4, 0.5) is 10.5 Å². The summed E-state index contributed by atoms with van der Waals surface area (Å²) in [4.78, 5) is 14.0. The van der Waals surface area contributed by atoms with E-state index in [2.05, 4.69) is 21.2 Å². The number of halogens is 1. The van der Waals surface area contributed by atoms with E-state index in [9.17, 15) is 4.79 Å². The predicted molar refractivity (Wildman–Crippen MR) is 81.5 cm³/mol. The number of amides is 2. The van der Waals surface area contributed by atoms with Gasteiger partial charge in [0.05, 0.1) is 0 Å². The van der Waals surface area contributed by atoms with Crippen LogP contribution >= 0.6 is 27.7 Å². The van der Waals surface area contributed by atoms with E-state index in [1.807, 2.05) is 42.6 Å². The van der Waals surface area contributed by atoms with Crippen LogP contribution in [0.25, 0.3) is 0 Å². The number of aryl methyl sites for hydroxylation is 2. The van der Waals surface area contributed by atoms with Crippen LogP contribution in [-0.4, -0.2) is 35.5 Å². The van der Waals surface area contributed by atoms with Crippen molar-refractivity contribution in [1.82, 2.24) is 4.90 Å². The molecular weight excluding hydrogens is 312 g/mol. The average Bonchev–Trinajstić information content (AvgIpc) is 2.34. The summed E-state index contributed by atoms with van der Waals surface area (Å²) in [6, 6.07) is 4.06. The van der Waals surface area contributed by atoms with Crippen molar-refractivity contribution < 1.29 is 4.79 Å². The number of rotatable bonds is 1. The topological polar surface area (TPSA) is 32.3 Å². The number of benzene rings is 1. The van der Waals surface area contributed by atoms with Gasteiger partial charge in [-0.3, -0.25) is 0 Å². The monoisotopic (exact) mass is 328 g/mol. The second-order valence-electron chi connectivity index (χ2n) is 4.44. The molecule has 0 bridgehead atoms. The number of carbonyl (C=O) groups is 1. The van der Waals surface area contributed by atoms with Crippen molar-refractivity contribution in [3.8, 4) is 0 Å². The molecule has 1 aromatic carbocycles. The Bertz CT molecular complexity index is 435. The van der Waals surface area contributed by atoms with Gasteiger partial charge in [0.2, 0.25) is 0 Å². The molecule has 0 atom stereocenters. The van der Waals surface area contributed by atoms with Crippen LogP contribution in [0.5, 0.6) is 0 Å². The fourth-order valence-electron chi connectivity index (χ4n) is 2.06. The predicted octanol–water partition coefficient (Wildman–Crippen LogP) is 3.65. The molecular formula is C13H17BrN2OS. The molecule has 0 spiro atoms. The highest BCUT2D eigenvalue weighted by Crippen LogP contribution is 2.25. The van der Waals surface area contributed by atoms with Crippen LogP contribution in [0.15, 0.2) is 16.6 Å². The highest BCUT2D eigenvalue weighted by atomic mass is 79.9. The minimum absolute atomic E-state index is 0.0174. The van der Waals surface area contributed by atoms with E-state index in [1.165, 1.54) is 0 Å². The van der Waals surface area contributed by atoms with E-state index in [4.69, 9.17) is 0 Å². The summed E-state index contributed by atoms with van der Waals surface area (Å²) < 4.78 is 1.05. The second-order valence-corrected chi connectivity index (χ2v) is 6.58. The Morgan fingerprint density at radius 2 is 1.83 bits per heavy atom. The summed E-state index contributed by atoms with van der Waals surface area (Å²) in [5.41, 5.74) is 3.10. The molecule has 1 aromatic rings. The number of hydrogen-bond acceptors (Lipinski definition) is 2. The van der Waals surface area contributed by atoms with Crippen LogP contribution in [0, 0.1) is 13.8 Å². The lowest BCUT2D eigenvalue weighted by Gasteiger charge is -2.27. The molecule has 0 aromatic heterocycles. The summed E-state index contributed by atoms with van der Waals surface area (Å²) in [6.07, 6.45) is 0. The van der Waals surface area contributed by atoms with Crippen molar-refractivity contribution in [1.29, 1.82) is 0 Å². The zero-order valence-corrected chi connectivity index (χ0v) is 13.0. The lowest BCUT2D eigenvalue weighted by molar-refractivity contribution is 0.217. The fraction of sp³-hybridized carbons (Fsp3) is 0.462. The number of anilines is 1. The summed E-state index contributed by atoms with van der Waals surface area (Å²) in [5, 5.41) is 3.03. The van der Waals surface area contributed by atoms with Crippen LogP contribution < -0.4 is 5.32 Å². The van der Waals surface area contributed by atoms with Gasteiger partial charge in [0.15, 0.2) is 0 Å². The zero-order chi connectivity index (χ0) is 13.1. The van der Waals surface area contributed by atoms with Gasteiger partial charge in [-0.25, -0.2) is 4.79 Å². The number of urea groups is 1. The van der Waals surface area contributed by atoms with E-state index in [1.54, 1.807) is 0 Å². The van der Waals surface area contributed by atoms with Gasteiger partial charge in [-0.05, 0) is 37.1 Å². The van der Waals surface area contributed by atoms with Crippen molar-refractivity contribution in [2.45, 2.75) is 13.8 Å². The summed E-state index contributed by atoms with van der Waals surface area (Å²) in [5.74, 6) is 2.07. The number of nitrogens with zero attached hydrogens (tertiary/aromatic N) is 1. The van der Waals surface area contributed by atoms with Crippen LogP contribution in [0.3, 0.4) is 0 Å². The van der Waals surface area contributed by atoms with Gasteiger partial charge in [-0.15, -0.1) is 0 Å². The normalized spacial score (nSPS) is 15.6. The number of thioether (sulfide) groups is 1. The molecule has 0 unspecified atom stereocenters. The Hall–Kier alpha value is -0.680. The molecule has 0 radical (unpaired) electrons. The Kier molecular flexibility index (Phi) is 4.56. The van der Waals surface area contributed by atoms with E-state index in [0.717, 1.165) is 45.9 Å². The molecule has 98 valence electrons. The molecule has 2 amide bonds. The highest BCUT2D eigenvalue weighted by molar-refractivity contribution is 9.10. The smallest absolute Gasteiger partial charge is 0.321 e. The number of nitrogens with one attached hydrogen (secondary N) is 1. The second kappa shape index (κ2) is 5.97. The fourth-order valence-corrected chi connectivity index (χ4v) is 3.65. The van der Waals surface area contributed by atoms with Gasteiger partial charge < -0.3 is 10.2 Å². The molecule has 2 rings (SSSR count). The Morgan fingerprint density at radius 3 is 2.39 bits per heavy atom. The first-order valence-corrected chi connectivity index (χ1v) is 7.93. The molecule has 1 aliphatic heterocycles. The summed E-state index contributed by atoms with van der Waals surface area (Å²) in [6.45, 7) is 5.70. The minimum Gasteiger partial charge on any atom is -0.323 e. The summed E-state index contributed by atoms with van der Waals surface area (Å²) in [7, 11) is 0. The van der Waals surface area contributed by atoms with Crippen LogP contribution in [0.1, 0.15) is 11.1 Å². The maximum absolute atomic E-state index is 12.2. The lowest BCUT2D eigenvalue weighted by Crippen LogP contribution is -2.40. The van der Waals surface area contributed by atoms with Crippen molar-refractivity contribution in [2.24, 2.45) is 0 Å². The number of carbonyl (C=O) groups excluding carboxylic acids is 1. The Balaban J connectivity index is 2.11. The standard InChI is InChI=1S/C13H17BrN2OS/c1-9-7-11(14)8-10(2)12(9)15-13(17)16-3-5-18-6-4-16/h7-8H,3-6H2,1-2H3,(H,15,17). The highest BCUT2D eigenvalue weighted by Gasteiger charge is 2.18. The van der Waals surface area contributed by atoms with Crippen molar-refractivity contribution in [2.75, 3.05) is 29.9 Å². The third kappa shape index (κ3) is 3.20. The summed E-state index contributed by atoms with van der Waals surface area (Å²) >= 11 is 5.37. The van der Waals surface area contributed by atoms with Crippen LogP contribution in [0.2, 0.25) is 0 Å². The average molecular weight is 329 g/mol. The van der Waals surface area contributed by atoms with Gasteiger partial charge >= 0.3 is 6.03 Å². The lowest BCUT2D eigenvalue weighted by atomic mass is 10.1. The van der Waals surface area contributed by atoms with Gasteiger partial charge in [0.25, 0.3) is 0 Å². The molecule has 1 fully saturated rings. The molecule has 1 aliphatic rings. The van der Waals surface area contributed by atoms with Gasteiger partial charge in [-0.1, -0.05) is 15.9 Å². The first kappa shape index (κ1) is 13.7. The first-order chi connectivity index (χ1) is 8.58. The maximum atomic E-state index is 12.2. The molecule has 1 saturated heterocycles. The van der Waals surface area contributed by atoms with Gasteiger partial charge in [0, 0.05) is 34.8 Å². The largest absolute Gasteiger partial charge is 0.323 e. The number of hydrogen-bond donors (Lipinski definition) is 1. The molecule has 18 heavy (non-hydrogen) atoms. The van der Waals surface area contributed by atoms with Crippen molar-refractivity contribution in [3.05, 3.63) is 27.7 Å². The molecule has 0 saturated carbocycles. The molecule has 3 nitrogen and oxygen atoms in total. The Morgan fingerprint density at radius 1 is 1.28 bits per heavy atom. The molecule has 0 aliphatic carbocycles. The molecule has 1 N–H and O–H groups in total. The third-order valence-corrected chi connectivity index (χ3v) is 4.43. The van der Waals surface area contributed by atoms with Gasteiger partial charge in [0.1, 0.15) is 0 Å². The van der Waals surface area contributed by atoms with Crippen molar-refractivity contribution >= 4 is 39.4 Å². The Labute approximate surface area is 120 Å². The molecule has 1 heterocycles. The first-order valence-electron chi connectivity index (χ1n) is 5.98. The van der Waals surface area contributed by atoms with E-state index < -0.39 is 0 Å². The van der Waals surface area contributed by atoms with Crippen molar-refractivity contribution in [3.63, 3.8) is 0 Å². The van der Waals surface area contributed by atoms with Crippen LogP contribution in [-0.2, 0) is 0 Å². The third-order valence-electron chi connectivity index (χ3n) is 3.03. The molecule has 5 heteroatoms. The van der Waals surface area contributed by atoms with E-state index in [0.29, 0.717) is 0 Å². The van der Waals surface area contributed by atoms with Gasteiger partial charge in [-0.2, -0.15) is 11.8 Å². The zero-order valence-electron chi connectivity index (χ0n) is 10.6. The quantitative estimate of drug-likeness (QED) is 0.853. The van der Waals surface area contributed by atoms with E-state index >= 15 is 0 Å².